The summed E-state index contributed by atoms with van der Waals surface area (Å²) in [6.45, 7) is -0.553. The Hall–Kier alpha value is -2.60. The molecule has 0 spiro atoms. The van der Waals surface area contributed by atoms with E-state index in [1.165, 1.54) is 24.5 Å². The van der Waals surface area contributed by atoms with Gasteiger partial charge in [0.2, 0.25) is 0 Å². The third kappa shape index (κ3) is 4.20. The number of carboxylic acids is 1. The summed E-state index contributed by atoms with van der Waals surface area (Å²) in [4.78, 5) is 22.9. The molecule has 0 aliphatic carbocycles. The van der Waals surface area contributed by atoms with Crippen LogP contribution in [0.2, 0.25) is 0 Å². The van der Waals surface area contributed by atoms with Gasteiger partial charge < -0.3 is 19.4 Å². The van der Waals surface area contributed by atoms with Crippen molar-refractivity contribution in [3.8, 4) is 11.5 Å². The number of allylic oxidation sites excluding steroid dienone is 1. The van der Waals surface area contributed by atoms with Gasteiger partial charge in [0.1, 0.15) is 6.61 Å². The number of carbonyl (C=O) groups excluding carboxylic acids is 2. The number of thiophene rings is 1. The number of aliphatic carboxylic acids is 1. The van der Waals surface area contributed by atoms with Gasteiger partial charge >= 0.3 is 0 Å². The van der Waals surface area contributed by atoms with E-state index in [2.05, 4.69) is 0 Å². The van der Waals surface area contributed by atoms with E-state index in [0.29, 0.717) is 16.4 Å². The molecule has 1 aromatic heterocycles. The molecular formula is C16H13O5S-. The lowest BCUT2D eigenvalue weighted by Crippen LogP contribution is -2.29. The zero-order chi connectivity index (χ0) is 15.9. The van der Waals surface area contributed by atoms with Crippen LogP contribution in [0.4, 0.5) is 0 Å². The quantitative estimate of drug-likeness (QED) is 0.575. The summed E-state index contributed by atoms with van der Waals surface area (Å²) in [6, 6.07) is 8.51. The van der Waals surface area contributed by atoms with Gasteiger partial charge in [-0.3, -0.25) is 4.79 Å². The van der Waals surface area contributed by atoms with E-state index < -0.39 is 12.6 Å². The van der Waals surface area contributed by atoms with E-state index in [0.717, 1.165) is 5.56 Å². The van der Waals surface area contributed by atoms with Crippen LogP contribution in [-0.2, 0) is 4.79 Å². The Morgan fingerprint density at radius 3 is 2.73 bits per heavy atom. The van der Waals surface area contributed by atoms with E-state index in [1.54, 1.807) is 30.3 Å². The van der Waals surface area contributed by atoms with E-state index in [1.807, 2.05) is 11.4 Å². The van der Waals surface area contributed by atoms with Crippen LogP contribution in [-0.4, -0.2) is 25.5 Å². The summed E-state index contributed by atoms with van der Waals surface area (Å²) in [5.74, 6) is -0.709. The highest BCUT2D eigenvalue weighted by atomic mass is 32.1. The fraction of sp³-hybridized carbons (Fsp3) is 0.125. The number of hydrogen-bond acceptors (Lipinski definition) is 6. The van der Waals surface area contributed by atoms with Gasteiger partial charge in [0.15, 0.2) is 17.3 Å². The Kier molecular flexibility index (Phi) is 5.32. The number of ketones is 1. The molecule has 0 saturated carbocycles. The van der Waals surface area contributed by atoms with Crippen LogP contribution in [0.1, 0.15) is 15.2 Å². The number of methoxy groups -OCH3 is 1. The average Bonchev–Trinajstić information content (AvgIpc) is 3.05. The van der Waals surface area contributed by atoms with E-state index in [9.17, 15) is 14.7 Å². The maximum Gasteiger partial charge on any atom is 0.195 e. The molecule has 0 fully saturated rings. The summed E-state index contributed by atoms with van der Waals surface area (Å²) in [5, 5.41) is 12.2. The maximum absolute atomic E-state index is 11.9. The molecule has 0 radical (unpaired) electrons. The normalized spacial score (nSPS) is 10.6. The minimum atomic E-state index is -1.31. The molecule has 114 valence electrons. The molecule has 0 aliphatic heterocycles. The molecule has 0 bridgehead atoms. The van der Waals surface area contributed by atoms with Crippen LogP contribution < -0.4 is 14.6 Å². The van der Waals surface area contributed by atoms with Gasteiger partial charge in [-0.15, -0.1) is 11.3 Å². The summed E-state index contributed by atoms with van der Waals surface area (Å²) >= 11 is 1.38. The number of carboxylic acid groups (broad SMARTS) is 1. The number of hydrogen-bond donors (Lipinski definition) is 0. The topological polar surface area (TPSA) is 75.7 Å². The van der Waals surface area contributed by atoms with Crippen molar-refractivity contribution in [2.24, 2.45) is 0 Å². The van der Waals surface area contributed by atoms with Crippen LogP contribution in [0.3, 0.4) is 0 Å². The SMILES string of the molecule is COc1cc(/C=C/C(=O)c2cccs2)ccc1OCC(=O)[O-]. The molecule has 2 rings (SSSR count). The first-order valence-corrected chi connectivity index (χ1v) is 7.24. The molecule has 22 heavy (non-hydrogen) atoms. The molecule has 6 heteroatoms. The van der Waals surface area contributed by atoms with Crippen molar-refractivity contribution in [1.29, 1.82) is 0 Å². The Morgan fingerprint density at radius 1 is 1.27 bits per heavy atom. The summed E-state index contributed by atoms with van der Waals surface area (Å²) in [7, 11) is 1.45. The van der Waals surface area contributed by atoms with Crippen LogP contribution in [0, 0.1) is 0 Å². The maximum atomic E-state index is 11.9. The second-order valence-corrected chi connectivity index (χ2v) is 5.19. The van der Waals surface area contributed by atoms with E-state index in [4.69, 9.17) is 9.47 Å². The first kappa shape index (κ1) is 15.8. The highest BCUT2D eigenvalue weighted by Crippen LogP contribution is 2.28. The fourth-order valence-electron chi connectivity index (χ4n) is 1.72. The van der Waals surface area contributed by atoms with Crippen molar-refractivity contribution in [3.63, 3.8) is 0 Å². The average molecular weight is 317 g/mol. The van der Waals surface area contributed by atoms with Crippen molar-refractivity contribution in [2.45, 2.75) is 0 Å². The molecule has 0 N–H and O–H groups in total. The van der Waals surface area contributed by atoms with Crippen molar-refractivity contribution < 1.29 is 24.2 Å². The van der Waals surface area contributed by atoms with Crippen LogP contribution in [0.15, 0.2) is 41.8 Å². The van der Waals surface area contributed by atoms with Crippen molar-refractivity contribution >= 4 is 29.2 Å². The second kappa shape index (κ2) is 7.42. The lowest BCUT2D eigenvalue weighted by molar-refractivity contribution is -0.307. The van der Waals surface area contributed by atoms with Crippen molar-refractivity contribution in [1.82, 2.24) is 0 Å². The molecule has 0 atom stereocenters. The number of benzene rings is 1. The first-order valence-electron chi connectivity index (χ1n) is 6.36. The van der Waals surface area contributed by atoms with Gasteiger partial charge in [0.25, 0.3) is 0 Å². The highest BCUT2D eigenvalue weighted by Gasteiger charge is 2.06. The lowest BCUT2D eigenvalue weighted by Gasteiger charge is -2.11. The number of carbonyl (C=O) groups is 2. The molecule has 1 aromatic carbocycles. The smallest absolute Gasteiger partial charge is 0.195 e. The van der Waals surface area contributed by atoms with Gasteiger partial charge in [-0.2, -0.15) is 0 Å². The molecule has 5 nitrogen and oxygen atoms in total. The van der Waals surface area contributed by atoms with Crippen LogP contribution in [0.5, 0.6) is 11.5 Å². The zero-order valence-electron chi connectivity index (χ0n) is 11.8. The third-order valence-corrected chi connectivity index (χ3v) is 3.61. The standard InChI is InChI=1S/C16H14O5S/c1-20-14-9-11(5-7-13(14)21-10-16(18)19)4-6-12(17)15-3-2-8-22-15/h2-9H,10H2,1H3,(H,18,19)/p-1/b6-4+. The minimum Gasteiger partial charge on any atom is -0.546 e. The van der Waals surface area contributed by atoms with E-state index in [-0.39, 0.29) is 5.78 Å². The van der Waals surface area contributed by atoms with Gasteiger partial charge in [0, 0.05) is 0 Å². The zero-order valence-corrected chi connectivity index (χ0v) is 12.6. The molecule has 1 heterocycles. The number of ether oxygens (including phenoxy) is 2. The lowest BCUT2D eigenvalue weighted by atomic mass is 10.1. The molecule has 0 aliphatic rings. The predicted octanol–water partition coefficient (Wildman–Crippen LogP) is 1.78. The van der Waals surface area contributed by atoms with Gasteiger partial charge in [-0.25, -0.2) is 0 Å². The van der Waals surface area contributed by atoms with Crippen molar-refractivity contribution in [2.75, 3.05) is 13.7 Å². The molecular weight excluding hydrogens is 304 g/mol. The largest absolute Gasteiger partial charge is 0.546 e. The number of rotatable bonds is 7. The monoisotopic (exact) mass is 317 g/mol. The van der Waals surface area contributed by atoms with Gasteiger partial charge in [-0.05, 0) is 35.2 Å². The van der Waals surface area contributed by atoms with Gasteiger partial charge in [-0.1, -0.05) is 18.2 Å². The third-order valence-electron chi connectivity index (χ3n) is 2.72. The minimum absolute atomic E-state index is 0.0776. The Bertz CT molecular complexity index is 689. The Labute approximate surface area is 131 Å². The predicted molar refractivity (Wildman–Crippen MR) is 81.2 cm³/mol. The first-order chi connectivity index (χ1) is 10.6. The molecule has 2 aromatic rings. The Morgan fingerprint density at radius 2 is 2.09 bits per heavy atom. The summed E-state index contributed by atoms with van der Waals surface area (Å²) in [5.41, 5.74) is 0.738. The highest BCUT2D eigenvalue weighted by molar-refractivity contribution is 7.12. The molecule has 0 unspecified atom stereocenters. The second-order valence-electron chi connectivity index (χ2n) is 4.25. The molecule has 0 amide bonds. The summed E-state index contributed by atoms with van der Waals surface area (Å²) in [6.07, 6.45) is 3.13. The Balaban J connectivity index is 2.12. The van der Waals surface area contributed by atoms with Crippen LogP contribution in [0.25, 0.3) is 6.08 Å². The fourth-order valence-corrected chi connectivity index (χ4v) is 2.36. The van der Waals surface area contributed by atoms with Gasteiger partial charge in [0.05, 0.1) is 18.0 Å². The summed E-state index contributed by atoms with van der Waals surface area (Å²) < 4.78 is 10.2. The molecule has 0 saturated heterocycles. The van der Waals surface area contributed by atoms with Crippen LogP contribution >= 0.6 is 11.3 Å². The van der Waals surface area contributed by atoms with Crippen molar-refractivity contribution in [3.05, 3.63) is 52.2 Å². The van der Waals surface area contributed by atoms with E-state index >= 15 is 0 Å².